The van der Waals surface area contributed by atoms with Gasteiger partial charge in [0.25, 0.3) is 0 Å². The quantitative estimate of drug-likeness (QED) is 0.290. The lowest BCUT2D eigenvalue weighted by atomic mass is 10.1. The molecule has 0 saturated carbocycles. The zero-order valence-electron chi connectivity index (χ0n) is 23.7. The van der Waals surface area contributed by atoms with Crippen LogP contribution in [0.5, 0.6) is 0 Å². The van der Waals surface area contributed by atoms with E-state index in [2.05, 4.69) is 0 Å². The fourth-order valence-electron chi connectivity index (χ4n) is 4.11. The maximum atomic E-state index is 13.3. The van der Waals surface area contributed by atoms with Crippen molar-refractivity contribution >= 4 is 45.9 Å². The lowest BCUT2D eigenvalue weighted by Gasteiger charge is -2.32. The number of para-hydroxylation sites is 1. The number of benzene rings is 2. The van der Waals surface area contributed by atoms with Crippen molar-refractivity contribution in [2.24, 2.45) is 0 Å². The van der Waals surface area contributed by atoms with E-state index in [-0.39, 0.29) is 13.2 Å². The number of fused-ring (bicyclic) bond motifs is 3. The molecule has 210 valence electrons. The largest absolute Gasteiger partial charge is 0.467 e. The number of rotatable bonds is 6. The minimum absolute atomic E-state index is 0.159. The Kier molecular flexibility index (Phi) is 8.58. The minimum Gasteiger partial charge on any atom is -0.467 e. The summed E-state index contributed by atoms with van der Waals surface area (Å²) in [5.74, 6) is -1.29. The van der Waals surface area contributed by atoms with Crippen molar-refractivity contribution in [3.05, 3.63) is 48.0 Å². The number of carbonyl (C=O) groups excluding carboxylic acids is 4. The Labute approximate surface area is 227 Å². The predicted octanol–water partition coefficient (Wildman–Crippen LogP) is 5.69. The van der Waals surface area contributed by atoms with E-state index in [0.717, 1.165) is 16.3 Å². The average molecular weight is 541 g/mol. The second-order valence-electron chi connectivity index (χ2n) is 10.9. The zero-order valence-corrected chi connectivity index (χ0v) is 23.7. The number of carbonyl (C=O) groups is 4. The second kappa shape index (κ2) is 11.3. The third kappa shape index (κ3) is 6.87. The first-order valence-electron chi connectivity index (χ1n) is 12.7. The van der Waals surface area contributed by atoms with Crippen LogP contribution in [0.2, 0.25) is 0 Å². The van der Waals surface area contributed by atoms with Crippen LogP contribution in [-0.4, -0.2) is 64.6 Å². The smallest absolute Gasteiger partial charge is 0.420 e. The molecule has 0 fully saturated rings. The fraction of sp³-hybridized carbons (Fsp3) is 0.448. The van der Waals surface area contributed by atoms with E-state index < -0.39 is 41.4 Å². The summed E-state index contributed by atoms with van der Waals surface area (Å²) in [6.45, 7) is 11.7. The molecule has 3 aromatic rings. The molecule has 0 aliphatic heterocycles. The SMILES string of the molecule is CCOC(=O)c1ccc2c(c1)c1ccccc1n2CC(C(=O)OC)N(C(=O)OC(C)(C)C)C(=O)OC(C)(C)C. The maximum absolute atomic E-state index is 13.3. The molecule has 10 nitrogen and oxygen atoms in total. The van der Waals surface area contributed by atoms with Crippen LogP contribution in [0, 0.1) is 0 Å². The molecule has 0 bridgehead atoms. The van der Waals surface area contributed by atoms with Gasteiger partial charge in [-0.2, -0.15) is 4.90 Å². The van der Waals surface area contributed by atoms with Crippen LogP contribution in [0.25, 0.3) is 21.8 Å². The molecule has 10 heteroatoms. The van der Waals surface area contributed by atoms with Gasteiger partial charge < -0.3 is 23.5 Å². The lowest BCUT2D eigenvalue weighted by molar-refractivity contribution is -0.147. The Morgan fingerprint density at radius 1 is 0.846 bits per heavy atom. The van der Waals surface area contributed by atoms with Gasteiger partial charge in [0.1, 0.15) is 11.2 Å². The van der Waals surface area contributed by atoms with Crippen LogP contribution in [0.4, 0.5) is 9.59 Å². The fourth-order valence-corrected chi connectivity index (χ4v) is 4.11. The van der Waals surface area contributed by atoms with E-state index in [9.17, 15) is 19.2 Å². The van der Waals surface area contributed by atoms with Gasteiger partial charge in [0, 0.05) is 21.8 Å². The Morgan fingerprint density at radius 2 is 1.41 bits per heavy atom. The first kappa shape index (κ1) is 29.5. The molecule has 0 spiro atoms. The first-order valence-corrected chi connectivity index (χ1v) is 12.7. The molecule has 1 aromatic heterocycles. The van der Waals surface area contributed by atoms with Gasteiger partial charge >= 0.3 is 24.1 Å². The topological polar surface area (TPSA) is 113 Å². The van der Waals surface area contributed by atoms with Crippen LogP contribution in [0.15, 0.2) is 42.5 Å². The molecule has 1 atom stereocenters. The Bertz CT molecular complexity index is 1370. The maximum Gasteiger partial charge on any atom is 0.420 e. The van der Waals surface area contributed by atoms with Gasteiger partial charge in [0.15, 0.2) is 6.04 Å². The first-order chi connectivity index (χ1) is 18.2. The number of hydrogen-bond donors (Lipinski definition) is 0. The van der Waals surface area contributed by atoms with E-state index in [1.165, 1.54) is 7.11 Å². The van der Waals surface area contributed by atoms with Gasteiger partial charge in [-0.15, -0.1) is 0 Å². The van der Waals surface area contributed by atoms with Crippen molar-refractivity contribution in [3.63, 3.8) is 0 Å². The highest BCUT2D eigenvalue weighted by Crippen LogP contribution is 2.31. The lowest BCUT2D eigenvalue weighted by Crippen LogP contribution is -2.53. The summed E-state index contributed by atoms with van der Waals surface area (Å²) in [5, 5.41) is 1.55. The summed E-state index contributed by atoms with van der Waals surface area (Å²) in [6, 6.07) is 11.1. The van der Waals surface area contributed by atoms with Gasteiger partial charge in [-0.05, 0) is 72.7 Å². The predicted molar refractivity (Wildman–Crippen MR) is 146 cm³/mol. The molecule has 3 rings (SSSR count). The number of esters is 2. The van der Waals surface area contributed by atoms with E-state index in [4.69, 9.17) is 18.9 Å². The Morgan fingerprint density at radius 3 is 1.95 bits per heavy atom. The number of hydrogen-bond acceptors (Lipinski definition) is 8. The highest BCUT2D eigenvalue weighted by Gasteiger charge is 2.41. The van der Waals surface area contributed by atoms with E-state index in [1.54, 1.807) is 71.2 Å². The highest BCUT2D eigenvalue weighted by atomic mass is 16.6. The monoisotopic (exact) mass is 540 g/mol. The van der Waals surface area contributed by atoms with Crippen molar-refractivity contribution in [3.8, 4) is 0 Å². The molecular weight excluding hydrogens is 504 g/mol. The van der Waals surface area contributed by atoms with Gasteiger partial charge in [0.2, 0.25) is 0 Å². The van der Waals surface area contributed by atoms with Gasteiger partial charge in [0.05, 0.1) is 25.8 Å². The standard InChI is InChI=1S/C29H36N2O8/c1-9-37-24(32)18-14-15-22-20(16-18)19-12-10-11-13-21(19)30(22)17-23(25(33)36-8)31(26(34)38-28(2,3)4)27(35)39-29(5,6)7/h10-16,23H,9,17H2,1-8H3. The van der Waals surface area contributed by atoms with Crippen molar-refractivity contribution in [1.29, 1.82) is 0 Å². The number of aromatic nitrogens is 1. The molecule has 0 N–H and O–H groups in total. The van der Waals surface area contributed by atoms with Crippen LogP contribution in [0.3, 0.4) is 0 Å². The second-order valence-corrected chi connectivity index (χ2v) is 10.9. The van der Waals surface area contributed by atoms with Gasteiger partial charge in [-0.25, -0.2) is 19.2 Å². The molecule has 0 radical (unpaired) electrons. The van der Waals surface area contributed by atoms with Crippen molar-refractivity contribution in [1.82, 2.24) is 9.47 Å². The summed E-state index contributed by atoms with van der Waals surface area (Å²) in [7, 11) is 1.18. The number of amides is 2. The number of methoxy groups -OCH3 is 1. The van der Waals surface area contributed by atoms with Gasteiger partial charge in [-0.1, -0.05) is 18.2 Å². The normalized spacial score (nSPS) is 12.6. The molecule has 1 unspecified atom stereocenters. The summed E-state index contributed by atoms with van der Waals surface area (Å²) >= 11 is 0. The molecular formula is C29H36N2O8. The van der Waals surface area contributed by atoms with Crippen LogP contribution in [0.1, 0.15) is 58.8 Å². The summed E-state index contributed by atoms with van der Waals surface area (Å²) in [4.78, 5) is 52.9. The molecule has 2 amide bonds. The third-order valence-corrected chi connectivity index (χ3v) is 5.60. The molecule has 0 aliphatic rings. The number of imide groups is 1. The number of nitrogens with zero attached hydrogens (tertiary/aromatic N) is 2. The zero-order chi connectivity index (χ0) is 29.1. The van der Waals surface area contributed by atoms with Crippen molar-refractivity contribution < 1.29 is 38.1 Å². The van der Waals surface area contributed by atoms with E-state index in [0.29, 0.717) is 16.0 Å². The molecule has 0 aliphatic carbocycles. The Balaban J connectivity index is 2.19. The van der Waals surface area contributed by atoms with Gasteiger partial charge in [-0.3, -0.25) is 0 Å². The highest BCUT2D eigenvalue weighted by molar-refractivity contribution is 6.10. The van der Waals surface area contributed by atoms with Crippen molar-refractivity contribution in [2.75, 3.05) is 13.7 Å². The van der Waals surface area contributed by atoms with Crippen LogP contribution in [-0.2, 0) is 30.3 Å². The van der Waals surface area contributed by atoms with E-state index in [1.807, 2.05) is 24.3 Å². The molecule has 39 heavy (non-hydrogen) atoms. The van der Waals surface area contributed by atoms with E-state index >= 15 is 0 Å². The summed E-state index contributed by atoms with van der Waals surface area (Å²) in [6.07, 6.45) is -2.09. The summed E-state index contributed by atoms with van der Waals surface area (Å²) < 4.78 is 23.0. The Hall–Kier alpha value is -4.08. The number of ether oxygens (including phenoxy) is 4. The van der Waals surface area contributed by atoms with Crippen LogP contribution >= 0.6 is 0 Å². The average Bonchev–Trinajstić information content (AvgIpc) is 3.14. The third-order valence-electron chi connectivity index (χ3n) is 5.60. The molecule has 2 aromatic carbocycles. The van der Waals surface area contributed by atoms with Crippen LogP contribution < -0.4 is 0 Å². The molecule has 1 heterocycles. The summed E-state index contributed by atoms with van der Waals surface area (Å²) in [5.41, 5.74) is -0.133. The molecule has 0 saturated heterocycles. The van der Waals surface area contributed by atoms with Crippen molar-refractivity contribution in [2.45, 2.75) is 72.3 Å². The minimum atomic E-state index is -1.43.